The van der Waals surface area contributed by atoms with E-state index in [1.165, 1.54) is 0 Å². The van der Waals surface area contributed by atoms with Gasteiger partial charge in [0, 0.05) is 23.7 Å². The van der Waals surface area contributed by atoms with Crippen LogP contribution < -0.4 is 5.32 Å². The maximum Gasteiger partial charge on any atom is 0.234 e. The van der Waals surface area contributed by atoms with E-state index in [1.54, 1.807) is 23.0 Å². The average molecular weight is 253 g/mol. The number of nitrogens with one attached hydrogen (secondary N) is 1. The van der Waals surface area contributed by atoms with Crippen LogP contribution in [0.1, 0.15) is 29.9 Å². The fourth-order valence-corrected chi connectivity index (χ4v) is 2.35. The summed E-state index contributed by atoms with van der Waals surface area (Å²) in [5.74, 6) is 1.73. The Bertz CT molecular complexity index is 724. The summed E-state index contributed by atoms with van der Waals surface area (Å²) in [5, 5.41) is 6.56. The molecule has 3 rings (SSSR count). The molecule has 94 valence electrons. The molecule has 2 aromatic rings. The summed E-state index contributed by atoms with van der Waals surface area (Å²) in [4.78, 5) is 23.1. The summed E-state index contributed by atoms with van der Waals surface area (Å²) in [6.07, 6.45) is 9.66. The second-order valence-electron chi connectivity index (χ2n) is 4.49. The summed E-state index contributed by atoms with van der Waals surface area (Å²) in [5.41, 5.74) is 2.36. The lowest BCUT2D eigenvalue weighted by molar-refractivity contribution is -0.134. The number of fused-ring (bicyclic) bond motifs is 1. The third kappa shape index (κ3) is 1.87. The van der Waals surface area contributed by atoms with Crippen LogP contribution in [-0.2, 0) is 9.59 Å². The molecular formula is C14H11N3O2. The first-order valence-corrected chi connectivity index (χ1v) is 5.96. The van der Waals surface area contributed by atoms with Crippen LogP contribution in [0.2, 0.25) is 0 Å². The summed E-state index contributed by atoms with van der Waals surface area (Å²) < 4.78 is 1.68. The van der Waals surface area contributed by atoms with Crippen molar-refractivity contribution in [1.82, 2.24) is 14.9 Å². The van der Waals surface area contributed by atoms with E-state index in [0.29, 0.717) is 12.8 Å². The van der Waals surface area contributed by atoms with Crippen molar-refractivity contribution in [2.45, 2.75) is 18.8 Å². The van der Waals surface area contributed by atoms with Crippen molar-refractivity contribution >= 4 is 17.3 Å². The number of nitrogens with zero attached hydrogens (tertiary/aromatic N) is 2. The molecule has 0 aromatic carbocycles. The Morgan fingerprint density at radius 2 is 2.32 bits per heavy atom. The molecule has 1 atom stereocenters. The number of piperidine rings is 1. The molecule has 1 aliphatic rings. The highest BCUT2D eigenvalue weighted by Gasteiger charge is 2.30. The van der Waals surface area contributed by atoms with Gasteiger partial charge < -0.3 is 0 Å². The molecule has 5 nitrogen and oxygen atoms in total. The number of aromatic nitrogens is 2. The third-order valence-corrected chi connectivity index (χ3v) is 3.33. The molecule has 1 aliphatic heterocycles. The number of rotatable bonds is 1. The number of carbonyl (C=O) groups excluding carboxylic acids is 2. The Morgan fingerprint density at radius 1 is 1.47 bits per heavy atom. The van der Waals surface area contributed by atoms with Crippen LogP contribution >= 0.6 is 0 Å². The van der Waals surface area contributed by atoms with E-state index in [9.17, 15) is 9.59 Å². The summed E-state index contributed by atoms with van der Waals surface area (Å²) in [6, 6.07) is 3.61. The SMILES string of the molecule is C#Cc1ccn2ncc(C3CCC(=O)NC3=O)c2c1. The van der Waals surface area contributed by atoms with Gasteiger partial charge in [-0.05, 0) is 18.6 Å². The molecule has 1 unspecified atom stereocenters. The first-order chi connectivity index (χ1) is 9.19. The molecular weight excluding hydrogens is 242 g/mol. The van der Waals surface area contributed by atoms with Crippen LogP contribution in [-0.4, -0.2) is 21.4 Å². The van der Waals surface area contributed by atoms with E-state index >= 15 is 0 Å². The fourth-order valence-electron chi connectivity index (χ4n) is 2.35. The zero-order valence-electron chi connectivity index (χ0n) is 10.1. The minimum absolute atomic E-state index is 0.220. The van der Waals surface area contributed by atoms with Crippen LogP contribution in [0.15, 0.2) is 24.5 Å². The van der Waals surface area contributed by atoms with Gasteiger partial charge in [-0.3, -0.25) is 14.9 Å². The van der Waals surface area contributed by atoms with Crippen LogP contribution in [0.5, 0.6) is 0 Å². The Balaban J connectivity index is 2.08. The molecule has 5 heteroatoms. The molecule has 0 saturated carbocycles. The number of hydrogen-bond donors (Lipinski definition) is 1. The molecule has 19 heavy (non-hydrogen) atoms. The Kier molecular flexibility index (Phi) is 2.57. The van der Waals surface area contributed by atoms with Gasteiger partial charge >= 0.3 is 0 Å². The van der Waals surface area contributed by atoms with Crippen molar-refractivity contribution in [3.8, 4) is 12.3 Å². The summed E-state index contributed by atoms with van der Waals surface area (Å²) >= 11 is 0. The maximum atomic E-state index is 11.9. The largest absolute Gasteiger partial charge is 0.296 e. The number of amides is 2. The summed E-state index contributed by atoms with van der Waals surface area (Å²) in [6.45, 7) is 0. The van der Waals surface area contributed by atoms with E-state index in [0.717, 1.165) is 16.6 Å². The third-order valence-electron chi connectivity index (χ3n) is 3.33. The topological polar surface area (TPSA) is 63.5 Å². The van der Waals surface area contributed by atoms with Crippen LogP contribution in [0.3, 0.4) is 0 Å². The van der Waals surface area contributed by atoms with Crippen molar-refractivity contribution in [3.05, 3.63) is 35.7 Å². The lowest BCUT2D eigenvalue weighted by Crippen LogP contribution is -2.39. The van der Waals surface area contributed by atoms with Gasteiger partial charge in [0.2, 0.25) is 11.8 Å². The Morgan fingerprint density at radius 3 is 3.05 bits per heavy atom. The highest BCUT2D eigenvalue weighted by molar-refractivity contribution is 6.01. The second kappa shape index (κ2) is 4.25. The van der Waals surface area contributed by atoms with Crippen molar-refractivity contribution in [3.63, 3.8) is 0 Å². The van der Waals surface area contributed by atoms with Gasteiger partial charge in [-0.25, -0.2) is 4.52 Å². The van der Waals surface area contributed by atoms with Gasteiger partial charge in [0.25, 0.3) is 0 Å². The normalized spacial score (nSPS) is 19.2. The minimum Gasteiger partial charge on any atom is -0.296 e. The van der Waals surface area contributed by atoms with Gasteiger partial charge in [0.15, 0.2) is 0 Å². The van der Waals surface area contributed by atoms with Crippen LogP contribution in [0.25, 0.3) is 5.52 Å². The van der Waals surface area contributed by atoms with E-state index in [2.05, 4.69) is 16.3 Å². The Labute approximate surface area is 109 Å². The lowest BCUT2D eigenvalue weighted by atomic mass is 9.91. The first kappa shape index (κ1) is 11.5. The van der Waals surface area contributed by atoms with Crippen molar-refractivity contribution in [2.24, 2.45) is 0 Å². The van der Waals surface area contributed by atoms with Gasteiger partial charge in [-0.1, -0.05) is 5.92 Å². The smallest absolute Gasteiger partial charge is 0.234 e. The monoisotopic (exact) mass is 253 g/mol. The molecule has 1 fully saturated rings. The molecule has 1 saturated heterocycles. The van der Waals surface area contributed by atoms with Crippen molar-refractivity contribution in [1.29, 1.82) is 0 Å². The van der Waals surface area contributed by atoms with E-state index in [4.69, 9.17) is 6.42 Å². The zero-order chi connectivity index (χ0) is 13.4. The number of terminal acetylenes is 1. The Hall–Kier alpha value is -2.61. The van der Waals surface area contributed by atoms with Crippen LogP contribution in [0, 0.1) is 12.3 Å². The molecule has 2 aromatic heterocycles. The molecule has 3 heterocycles. The van der Waals surface area contributed by atoms with Gasteiger partial charge in [-0.15, -0.1) is 6.42 Å². The molecule has 0 aliphatic carbocycles. The predicted molar refractivity (Wildman–Crippen MR) is 68.3 cm³/mol. The molecule has 2 amide bonds. The zero-order valence-corrected chi connectivity index (χ0v) is 10.1. The van der Waals surface area contributed by atoms with Crippen LogP contribution in [0.4, 0.5) is 0 Å². The number of pyridine rings is 1. The molecule has 0 spiro atoms. The number of hydrogen-bond acceptors (Lipinski definition) is 3. The van der Waals surface area contributed by atoms with Gasteiger partial charge in [0.1, 0.15) is 0 Å². The average Bonchev–Trinajstić information content (AvgIpc) is 2.81. The standard InChI is InChI=1S/C14H11N3O2/c1-2-9-5-6-17-12(7-9)11(8-15-17)10-3-4-13(18)16-14(10)19/h1,5-8,10H,3-4H2,(H,16,18,19). The summed E-state index contributed by atoms with van der Waals surface area (Å²) in [7, 11) is 0. The highest BCUT2D eigenvalue weighted by atomic mass is 16.2. The van der Waals surface area contributed by atoms with E-state index < -0.39 is 0 Å². The number of carbonyl (C=O) groups is 2. The van der Waals surface area contributed by atoms with Crippen molar-refractivity contribution < 1.29 is 9.59 Å². The molecule has 1 N–H and O–H groups in total. The molecule has 0 radical (unpaired) electrons. The first-order valence-electron chi connectivity index (χ1n) is 5.96. The van der Waals surface area contributed by atoms with Crippen molar-refractivity contribution in [2.75, 3.05) is 0 Å². The highest BCUT2D eigenvalue weighted by Crippen LogP contribution is 2.28. The quantitative estimate of drug-likeness (QED) is 0.605. The molecule has 0 bridgehead atoms. The minimum atomic E-state index is -0.344. The second-order valence-corrected chi connectivity index (χ2v) is 4.49. The fraction of sp³-hybridized carbons (Fsp3) is 0.214. The van der Waals surface area contributed by atoms with Gasteiger partial charge in [-0.2, -0.15) is 5.10 Å². The van der Waals surface area contributed by atoms with E-state index in [-0.39, 0.29) is 17.7 Å². The lowest BCUT2D eigenvalue weighted by Gasteiger charge is -2.19. The maximum absolute atomic E-state index is 11.9. The van der Waals surface area contributed by atoms with Gasteiger partial charge in [0.05, 0.1) is 17.6 Å². The predicted octanol–water partition coefficient (Wildman–Crippen LogP) is 0.836. The van der Waals surface area contributed by atoms with E-state index in [1.807, 2.05) is 6.07 Å². The number of imide groups is 1.